The third-order valence-corrected chi connectivity index (χ3v) is 4.46. The third kappa shape index (κ3) is 2.84. The molecule has 1 aliphatic carbocycles. The first-order chi connectivity index (χ1) is 9.77. The standard InChI is InChI=1S/C16H19F3N2/c1-10-6-11-8-12(9-15(20)4-2-3-5-15)21-14(11)13(7-10)16(17,18)19/h6-7H,2-5,8-9,20H2,1H3. The minimum atomic E-state index is -4.36. The Kier molecular flexibility index (Phi) is 3.35. The van der Waals surface area contributed by atoms with Crippen molar-refractivity contribution in [2.75, 3.05) is 0 Å². The zero-order chi connectivity index (χ0) is 15.3. The van der Waals surface area contributed by atoms with Crippen LogP contribution in [0.15, 0.2) is 17.1 Å². The summed E-state index contributed by atoms with van der Waals surface area (Å²) in [6, 6.07) is 2.98. The monoisotopic (exact) mass is 296 g/mol. The number of rotatable bonds is 2. The summed E-state index contributed by atoms with van der Waals surface area (Å²) in [5, 5.41) is 0. The predicted molar refractivity (Wildman–Crippen MR) is 77.0 cm³/mol. The summed E-state index contributed by atoms with van der Waals surface area (Å²) in [5.74, 6) is 0. The molecule has 0 spiro atoms. The van der Waals surface area contributed by atoms with Crippen molar-refractivity contribution < 1.29 is 13.2 Å². The quantitative estimate of drug-likeness (QED) is 0.868. The molecule has 21 heavy (non-hydrogen) atoms. The van der Waals surface area contributed by atoms with Gasteiger partial charge in [0.05, 0.1) is 11.3 Å². The number of aliphatic imine (C=N–C) groups is 1. The van der Waals surface area contributed by atoms with E-state index in [0.717, 1.165) is 31.4 Å². The van der Waals surface area contributed by atoms with Crippen molar-refractivity contribution in [2.45, 2.75) is 57.2 Å². The van der Waals surface area contributed by atoms with Gasteiger partial charge in [0.15, 0.2) is 0 Å². The van der Waals surface area contributed by atoms with E-state index < -0.39 is 11.7 Å². The topological polar surface area (TPSA) is 38.4 Å². The molecule has 0 bridgehead atoms. The molecule has 2 N–H and O–H groups in total. The van der Waals surface area contributed by atoms with E-state index in [1.165, 1.54) is 6.07 Å². The Labute approximate surface area is 122 Å². The minimum Gasteiger partial charge on any atom is -0.325 e. The summed E-state index contributed by atoms with van der Waals surface area (Å²) < 4.78 is 39.4. The van der Waals surface area contributed by atoms with Crippen LogP contribution in [0.1, 0.15) is 48.8 Å². The van der Waals surface area contributed by atoms with E-state index >= 15 is 0 Å². The van der Waals surface area contributed by atoms with E-state index in [0.29, 0.717) is 24.0 Å². The second-order valence-electron chi connectivity index (χ2n) is 6.42. The molecule has 1 aliphatic heterocycles. The second-order valence-corrected chi connectivity index (χ2v) is 6.42. The summed E-state index contributed by atoms with van der Waals surface area (Å²) in [5.41, 5.74) is 7.64. The first kappa shape index (κ1) is 14.6. The normalized spacial score (nSPS) is 20.5. The van der Waals surface area contributed by atoms with Crippen molar-refractivity contribution in [3.05, 3.63) is 28.8 Å². The van der Waals surface area contributed by atoms with Gasteiger partial charge in [-0.3, -0.25) is 4.99 Å². The smallest absolute Gasteiger partial charge is 0.325 e. The van der Waals surface area contributed by atoms with Crippen LogP contribution in [0.2, 0.25) is 0 Å². The van der Waals surface area contributed by atoms with Crippen LogP contribution < -0.4 is 5.73 Å². The van der Waals surface area contributed by atoms with Crippen LogP contribution in [-0.4, -0.2) is 11.3 Å². The zero-order valence-corrected chi connectivity index (χ0v) is 12.1. The molecule has 0 unspecified atom stereocenters. The van der Waals surface area contributed by atoms with Gasteiger partial charge < -0.3 is 5.73 Å². The molecule has 1 fully saturated rings. The van der Waals surface area contributed by atoms with Crippen molar-refractivity contribution in [2.24, 2.45) is 10.7 Å². The predicted octanol–water partition coefficient (Wildman–Crippen LogP) is 4.30. The summed E-state index contributed by atoms with van der Waals surface area (Å²) in [7, 11) is 0. The molecule has 1 heterocycles. The van der Waals surface area contributed by atoms with Crippen molar-refractivity contribution in [3.8, 4) is 0 Å². The van der Waals surface area contributed by atoms with Crippen LogP contribution in [0.4, 0.5) is 18.9 Å². The molecule has 0 aromatic heterocycles. The molecule has 3 rings (SSSR count). The largest absolute Gasteiger partial charge is 0.418 e. The Hall–Kier alpha value is -1.36. The molecular formula is C16H19F3N2. The fraction of sp³-hybridized carbons (Fsp3) is 0.562. The van der Waals surface area contributed by atoms with Gasteiger partial charge >= 0.3 is 6.18 Å². The Bertz CT molecular complexity index is 596. The van der Waals surface area contributed by atoms with E-state index in [1.807, 2.05) is 0 Å². The minimum absolute atomic E-state index is 0.102. The lowest BCUT2D eigenvalue weighted by Gasteiger charge is -2.23. The number of fused-ring (bicyclic) bond motifs is 1. The van der Waals surface area contributed by atoms with Gasteiger partial charge in [0, 0.05) is 24.1 Å². The highest BCUT2D eigenvalue weighted by Crippen LogP contribution is 2.43. The maximum atomic E-state index is 13.1. The van der Waals surface area contributed by atoms with Crippen LogP contribution >= 0.6 is 0 Å². The number of hydrogen-bond donors (Lipinski definition) is 1. The number of aryl methyl sites for hydroxylation is 1. The lowest BCUT2D eigenvalue weighted by molar-refractivity contribution is -0.137. The van der Waals surface area contributed by atoms with E-state index in [-0.39, 0.29) is 11.2 Å². The average Bonchev–Trinajstić information content (AvgIpc) is 2.93. The molecule has 0 radical (unpaired) electrons. The number of nitrogens with zero attached hydrogens (tertiary/aromatic N) is 1. The average molecular weight is 296 g/mol. The van der Waals surface area contributed by atoms with E-state index in [4.69, 9.17) is 5.73 Å². The number of benzene rings is 1. The van der Waals surface area contributed by atoms with Gasteiger partial charge in [0.25, 0.3) is 0 Å². The zero-order valence-electron chi connectivity index (χ0n) is 12.1. The number of hydrogen-bond acceptors (Lipinski definition) is 2. The fourth-order valence-corrected chi connectivity index (χ4v) is 3.52. The highest BCUT2D eigenvalue weighted by molar-refractivity contribution is 5.95. The molecular weight excluding hydrogens is 277 g/mol. The molecule has 1 saturated carbocycles. The summed E-state index contributed by atoms with van der Waals surface area (Å²) in [6.45, 7) is 1.69. The van der Waals surface area contributed by atoms with Crippen molar-refractivity contribution in [1.82, 2.24) is 0 Å². The Balaban J connectivity index is 1.92. The lowest BCUT2D eigenvalue weighted by Crippen LogP contribution is -2.38. The van der Waals surface area contributed by atoms with Crippen LogP contribution in [0.25, 0.3) is 0 Å². The summed E-state index contributed by atoms with van der Waals surface area (Å²) >= 11 is 0. The van der Waals surface area contributed by atoms with E-state index in [2.05, 4.69) is 4.99 Å². The highest BCUT2D eigenvalue weighted by Gasteiger charge is 2.38. The van der Waals surface area contributed by atoms with Crippen LogP contribution in [0.5, 0.6) is 0 Å². The highest BCUT2D eigenvalue weighted by atomic mass is 19.4. The van der Waals surface area contributed by atoms with Crippen LogP contribution in [-0.2, 0) is 12.6 Å². The van der Waals surface area contributed by atoms with Gasteiger partial charge in [0.1, 0.15) is 0 Å². The molecule has 5 heteroatoms. The molecule has 0 saturated heterocycles. The molecule has 0 atom stereocenters. The molecule has 1 aromatic rings. The van der Waals surface area contributed by atoms with Gasteiger partial charge in [-0.05, 0) is 31.4 Å². The van der Waals surface area contributed by atoms with E-state index in [1.54, 1.807) is 13.0 Å². The second kappa shape index (κ2) is 4.83. The van der Waals surface area contributed by atoms with Gasteiger partial charge in [-0.15, -0.1) is 0 Å². The fourth-order valence-electron chi connectivity index (χ4n) is 3.52. The maximum Gasteiger partial charge on any atom is 0.418 e. The lowest BCUT2D eigenvalue weighted by atomic mass is 9.90. The number of halogens is 3. The van der Waals surface area contributed by atoms with Gasteiger partial charge in [0.2, 0.25) is 0 Å². The maximum absolute atomic E-state index is 13.1. The van der Waals surface area contributed by atoms with Crippen LogP contribution in [0.3, 0.4) is 0 Å². The Morgan fingerprint density at radius 3 is 2.52 bits per heavy atom. The molecule has 0 amide bonds. The Morgan fingerprint density at radius 2 is 1.90 bits per heavy atom. The van der Waals surface area contributed by atoms with Gasteiger partial charge in [-0.2, -0.15) is 13.2 Å². The molecule has 114 valence electrons. The van der Waals surface area contributed by atoms with Crippen molar-refractivity contribution in [1.29, 1.82) is 0 Å². The van der Waals surface area contributed by atoms with Crippen LogP contribution in [0, 0.1) is 6.92 Å². The van der Waals surface area contributed by atoms with Crippen molar-refractivity contribution in [3.63, 3.8) is 0 Å². The molecule has 2 aliphatic rings. The van der Waals surface area contributed by atoms with E-state index in [9.17, 15) is 13.2 Å². The summed E-state index contributed by atoms with van der Waals surface area (Å²) in [4.78, 5) is 4.28. The van der Waals surface area contributed by atoms with Gasteiger partial charge in [-0.1, -0.05) is 24.5 Å². The number of alkyl halides is 3. The summed E-state index contributed by atoms with van der Waals surface area (Å²) in [6.07, 6.45) is 0.828. The SMILES string of the molecule is Cc1cc2c(c(C(F)(F)F)c1)N=C(CC1(N)CCCC1)C2. The first-order valence-corrected chi connectivity index (χ1v) is 7.33. The van der Waals surface area contributed by atoms with Crippen molar-refractivity contribution >= 4 is 11.4 Å². The first-order valence-electron chi connectivity index (χ1n) is 7.33. The molecule has 2 nitrogen and oxygen atoms in total. The number of nitrogens with two attached hydrogens (primary N) is 1. The molecule has 1 aromatic carbocycles. The Morgan fingerprint density at radius 1 is 1.24 bits per heavy atom. The van der Waals surface area contributed by atoms with Gasteiger partial charge in [-0.25, -0.2) is 0 Å². The third-order valence-electron chi connectivity index (χ3n) is 4.46.